The molecule has 5 rings (SSSR count). The predicted octanol–water partition coefficient (Wildman–Crippen LogP) is 8.21. The van der Waals surface area contributed by atoms with Crippen LogP contribution in [0.1, 0.15) is 93.1 Å². The van der Waals surface area contributed by atoms with Gasteiger partial charge in [0.05, 0.1) is 12.2 Å². The number of primary amides is 1. The maximum absolute atomic E-state index is 16.2. The number of ether oxygens (including phenoxy) is 3. The number of hydrogen-bond donors (Lipinski definition) is 1. The van der Waals surface area contributed by atoms with E-state index in [1.54, 1.807) is 17.0 Å². The van der Waals surface area contributed by atoms with E-state index in [9.17, 15) is 14.4 Å². The number of carbonyl (C=O) groups excluding carboxylic acids is 3. The molecular weight excluding hydrogens is 685 g/mol. The fourth-order valence-electron chi connectivity index (χ4n) is 7.31. The van der Waals surface area contributed by atoms with Crippen molar-refractivity contribution in [3.63, 3.8) is 0 Å². The molecule has 0 spiro atoms. The summed E-state index contributed by atoms with van der Waals surface area (Å²) in [5, 5.41) is 0.215. The van der Waals surface area contributed by atoms with Gasteiger partial charge in [0, 0.05) is 60.8 Å². The van der Waals surface area contributed by atoms with Crippen molar-refractivity contribution < 1.29 is 33.0 Å². The highest BCUT2D eigenvalue weighted by Crippen LogP contribution is 2.40. The summed E-state index contributed by atoms with van der Waals surface area (Å²) in [6.45, 7) is 7.76. The van der Waals surface area contributed by atoms with Crippen LogP contribution in [0.3, 0.4) is 0 Å². The third-order valence-electron chi connectivity index (χ3n) is 9.94. The Morgan fingerprint density at radius 2 is 1.63 bits per heavy atom. The Hall–Kier alpha value is -4.15. The fourth-order valence-corrected chi connectivity index (χ4v) is 7.52. The summed E-state index contributed by atoms with van der Waals surface area (Å²) < 4.78 is 32.9. The number of methoxy groups -OCH3 is 1. The molecule has 9 nitrogen and oxygen atoms in total. The molecule has 280 valence electrons. The minimum absolute atomic E-state index is 0.0434. The molecule has 1 aliphatic heterocycles. The zero-order valence-corrected chi connectivity index (χ0v) is 31.4. The lowest BCUT2D eigenvalue weighted by Crippen LogP contribution is -2.48. The van der Waals surface area contributed by atoms with Crippen LogP contribution in [0.4, 0.5) is 9.18 Å². The lowest BCUT2D eigenvalue weighted by Gasteiger charge is -2.40. The van der Waals surface area contributed by atoms with E-state index in [0.717, 1.165) is 43.5 Å². The summed E-state index contributed by atoms with van der Waals surface area (Å²) in [6, 6.07) is 17.7. The van der Waals surface area contributed by atoms with E-state index in [-0.39, 0.29) is 65.1 Å². The summed E-state index contributed by atoms with van der Waals surface area (Å²) in [5.74, 6) is -1.86. The lowest BCUT2D eigenvalue weighted by atomic mass is 9.83. The maximum atomic E-state index is 16.2. The molecule has 1 heterocycles. The van der Waals surface area contributed by atoms with Crippen LogP contribution in [0.15, 0.2) is 60.7 Å². The molecule has 2 N–H and O–H groups in total. The average Bonchev–Trinajstić information content (AvgIpc) is 3.13. The minimum Gasteiger partial charge on any atom is -0.488 e. The predicted molar refractivity (Wildman–Crippen MR) is 200 cm³/mol. The third-order valence-corrected chi connectivity index (χ3v) is 10.3. The highest BCUT2D eigenvalue weighted by Gasteiger charge is 2.37. The van der Waals surface area contributed by atoms with E-state index in [2.05, 4.69) is 0 Å². The second-order valence-corrected chi connectivity index (χ2v) is 15.1. The highest BCUT2D eigenvalue weighted by atomic mass is 35.5. The van der Waals surface area contributed by atoms with Crippen LogP contribution in [0.25, 0.3) is 11.1 Å². The molecule has 1 atom stereocenters. The molecule has 0 aromatic heterocycles. The van der Waals surface area contributed by atoms with Gasteiger partial charge in [0.25, 0.3) is 0 Å². The van der Waals surface area contributed by atoms with Crippen molar-refractivity contribution in [2.24, 2.45) is 11.7 Å². The Balaban J connectivity index is 1.51. The minimum atomic E-state index is -0.816. The summed E-state index contributed by atoms with van der Waals surface area (Å²) in [7, 11) is 1.52. The maximum Gasteiger partial charge on any atom is 0.410 e. The van der Waals surface area contributed by atoms with Crippen molar-refractivity contribution in [3.05, 3.63) is 88.2 Å². The molecule has 3 aromatic rings. The molecule has 11 heteroatoms. The Morgan fingerprint density at radius 1 is 0.942 bits per heavy atom. The van der Waals surface area contributed by atoms with Gasteiger partial charge in [-0.15, -0.1) is 0 Å². The number of nitrogens with two attached hydrogens (primary N) is 1. The fraction of sp³-hybridized carbons (Fsp3) is 0.488. The highest BCUT2D eigenvalue weighted by molar-refractivity contribution is 6.33. The molecule has 1 aliphatic carbocycles. The number of piperidine rings is 1. The zero-order valence-electron chi connectivity index (χ0n) is 30.7. The first kappa shape index (κ1) is 39.1. The first-order valence-corrected chi connectivity index (χ1v) is 18.6. The molecule has 2 fully saturated rings. The first-order chi connectivity index (χ1) is 24.9. The van der Waals surface area contributed by atoms with Gasteiger partial charge >= 0.3 is 6.09 Å². The van der Waals surface area contributed by atoms with E-state index >= 15 is 4.39 Å². The number of benzene rings is 3. The number of nitrogens with zero attached hydrogens (tertiary/aromatic N) is 2. The van der Waals surface area contributed by atoms with Gasteiger partial charge in [-0.2, -0.15) is 0 Å². The van der Waals surface area contributed by atoms with Crippen LogP contribution < -0.4 is 10.5 Å². The molecule has 3 aromatic carbocycles. The summed E-state index contributed by atoms with van der Waals surface area (Å²) in [4.78, 5) is 43.9. The monoisotopic (exact) mass is 735 g/mol. The number of carbonyl (C=O) groups is 3. The van der Waals surface area contributed by atoms with Crippen LogP contribution in [0, 0.1) is 11.7 Å². The molecular formula is C41H51ClFN3O6. The number of rotatable bonds is 12. The van der Waals surface area contributed by atoms with Gasteiger partial charge in [0.15, 0.2) is 11.6 Å². The smallest absolute Gasteiger partial charge is 0.410 e. The van der Waals surface area contributed by atoms with Gasteiger partial charge in [-0.1, -0.05) is 48.0 Å². The normalized spacial score (nSPS) is 18.4. The summed E-state index contributed by atoms with van der Waals surface area (Å²) in [5.41, 5.74) is 6.83. The molecule has 2 aliphatic rings. The number of amides is 3. The topological polar surface area (TPSA) is 111 Å². The largest absolute Gasteiger partial charge is 0.488 e. The number of likely N-dealkylation sites (tertiary alicyclic amines) is 1. The van der Waals surface area contributed by atoms with Gasteiger partial charge in [-0.05, 0) is 101 Å². The quantitative estimate of drug-likeness (QED) is 0.188. The Morgan fingerprint density at radius 3 is 2.27 bits per heavy atom. The summed E-state index contributed by atoms with van der Waals surface area (Å²) >= 11 is 6.76. The molecule has 52 heavy (non-hydrogen) atoms. The van der Waals surface area contributed by atoms with Crippen LogP contribution in [0.2, 0.25) is 5.02 Å². The molecule has 1 saturated heterocycles. The van der Waals surface area contributed by atoms with Gasteiger partial charge < -0.3 is 29.7 Å². The van der Waals surface area contributed by atoms with Crippen molar-refractivity contribution in [3.8, 4) is 16.9 Å². The van der Waals surface area contributed by atoms with Crippen molar-refractivity contribution in [1.82, 2.24) is 9.80 Å². The molecule has 0 radical (unpaired) electrons. The van der Waals surface area contributed by atoms with Crippen molar-refractivity contribution in [2.45, 2.75) is 83.3 Å². The Kier molecular flexibility index (Phi) is 13.2. The molecule has 0 bridgehead atoms. The van der Waals surface area contributed by atoms with Crippen molar-refractivity contribution >= 4 is 29.5 Å². The summed E-state index contributed by atoms with van der Waals surface area (Å²) in [6.07, 6.45) is 5.54. The third kappa shape index (κ3) is 9.63. The standard InChI is InChI=1S/C41H51ClFN3O6/c1-41(2,3)52-40(49)46(30-16-13-28(14-17-30)39(48)45-21-9-6-10-22-45)26-33(27-11-7-5-8-12-27)29-15-19-34(42)32(25-29)36-31(38(44)47)18-20-35(37(36)43)51-24-23-50-4/h5,7-8,11-12,15,18-20,25,28,30,33H,6,9-10,13-14,16-17,21-24,26H2,1-4H3,(H2,44,47). The van der Waals surface area contributed by atoms with E-state index in [4.69, 9.17) is 31.5 Å². The van der Waals surface area contributed by atoms with Crippen molar-refractivity contribution in [1.29, 1.82) is 0 Å². The second kappa shape index (κ2) is 17.6. The number of halogens is 2. The van der Waals surface area contributed by atoms with Crippen molar-refractivity contribution in [2.75, 3.05) is 40.0 Å². The molecule has 1 unspecified atom stereocenters. The molecule has 1 saturated carbocycles. The Bertz CT molecular complexity index is 1700. The van der Waals surface area contributed by atoms with E-state index in [0.29, 0.717) is 25.7 Å². The lowest BCUT2D eigenvalue weighted by molar-refractivity contribution is -0.137. The van der Waals surface area contributed by atoms with Gasteiger partial charge in [0.2, 0.25) is 11.8 Å². The van der Waals surface area contributed by atoms with Crippen LogP contribution >= 0.6 is 11.6 Å². The van der Waals surface area contributed by atoms with Gasteiger partial charge in [0.1, 0.15) is 12.2 Å². The average molecular weight is 736 g/mol. The van der Waals surface area contributed by atoms with E-state index < -0.39 is 29.3 Å². The number of hydrogen-bond acceptors (Lipinski definition) is 6. The molecule has 3 amide bonds. The van der Waals surface area contributed by atoms with E-state index in [1.165, 1.54) is 19.2 Å². The zero-order chi connectivity index (χ0) is 37.4. The first-order valence-electron chi connectivity index (χ1n) is 18.2. The van der Waals surface area contributed by atoms with Crippen LogP contribution in [-0.2, 0) is 14.3 Å². The van der Waals surface area contributed by atoms with E-state index in [1.807, 2.05) is 62.1 Å². The van der Waals surface area contributed by atoms with Gasteiger partial charge in [-0.25, -0.2) is 9.18 Å². The second-order valence-electron chi connectivity index (χ2n) is 14.7. The SMILES string of the molecule is COCCOc1ccc(C(N)=O)c(-c2cc(C(CN(C(=O)OC(C)(C)C)C3CCC(C(=O)N4CCCCC4)CC3)c3ccccc3)ccc2Cl)c1F. The van der Waals surface area contributed by atoms with Crippen LogP contribution in [-0.4, -0.2) is 79.3 Å². The van der Waals surface area contributed by atoms with Gasteiger partial charge in [-0.3, -0.25) is 9.59 Å². The van der Waals surface area contributed by atoms with Crippen LogP contribution in [0.5, 0.6) is 5.75 Å². The Labute approximate surface area is 311 Å².